The summed E-state index contributed by atoms with van der Waals surface area (Å²) in [5.74, 6) is -0.947. The number of hydrogen-bond donors (Lipinski definition) is 0. The van der Waals surface area contributed by atoms with E-state index in [1.54, 1.807) is 0 Å². The third-order valence-electron chi connectivity index (χ3n) is 10.9. The number of carbonyl (C=O) groups is 3. The van der Waals surface area contributed by atoms with E-state index in [9.17, 15) is 14.4 Å². The smallest absolute Gasteiger partial charge is 0.306 e. The second kappa shape index (κ2) is 52.0. The number of allylic oxidation sites excluding steroid dienone is 16. The van der Waals surface area contributed by atoms with Gasteiger partial charge in [0.1, 0.15) is 13.2 Å². The van der Waals surface area contributed by atoms with E-state index in [1.807, 2.05) is 0 Å². The lowest BCUT2D eigenvalue weighted by Crippen LogP contribution is -2.30. The second-order valence-electron chi connectivity index (χ2n) is 17.1. The van der Waals surface area contributed by atoms with Gasteiger partial charge in [-0.15, -0.1) is 0 Å². The highest BCUT2D eigenvalue weighted by Crippen LogP contribution is 2.14. The first kappa shape index (κ1) is 60.3. The third-order valence-corrected chi connectivity index (χ3v) is 10.9. The van der Waals surface area contributed by atoms with Gasteiger partial charge in [0.2, 0.25) is 0 Å². The molecule has 0 aliphatic rings. The lowest BCUT2D eigenvalue weighted by atomic mass is 10.1. The summed E-state index contributed by atoms with van der Waals surface area (Å²) in [6.45, 7) is 6.34. The van der Waals surface area contributed by atoms with E-state index >= 15 is 0 Å². The fraction of sp³-hybridized carbons (Fsp3) is 0.672. The fourth-order valence-corrected chi connectivity index (χ4v) is 6.96. The van der Waals surface area contributed by atoms with E-state index < -0.39 is 6.10 Å². The predicted molar refractivity (Wildman–Crippen MR) is 274 cm³/mol. The molecule has 0 spiro atoms. The molecule has 0 heterocycles. The van der Waals surface area contributed by atoms with Gasteiger partial charge < -0.3 is 14.2 Å². The van der Waals surface area contributed by atoms with Gasteiger partial charge in [-0.25, -0.2) is 0 Å². The van der Waals surface area contributed by atoms with E-state index in [4.69, 9.17) is 14.2 Å². The van der Waals surface area contributed by atoms with Crippen LogP contribution in [0.4, 0.5) is 0 Å². The molecule has 364 valence electrons. The van der Waals surface area contributed by atoms with Gasteiger partial charge in [-0.05, 0) is 103 Å². The topological polar surface area (TPSA) is 78.9 Å². The number of hydrogen-bond acceptors (Lipinski definition) is 6. The Morgan fingerprint density at radius 2 is 0.688 bits per heavy atom. The highest BCUT2D eigenvalue weighted by Gasteiger charge is 2.19. The largest absolute Gasteiger partial charge is 0.462 e. The minimum Gasteiger partial charge on any atom is -0.462 e. The molecule has 0 aromatic heterocycles. The maximum Gasteiger partial charge on any atom is 0.306 e. The molecule has 6 heteroatoms. The Bertz CT molecular complexity index is 1300. The first-order chi connectivity index (χ1) is 31.5. The zero-order chi connectivity index (χ0) is 46.5. The van der Waals surface area contributed by atoms with Crippen LogP contribution in [0.5, 0.6) is 0 Å². The summed E-state index contributed by atoms with van der Waals surface area (Å²) in [6, 6.07) is 0. The number of rotatable bonds is 46. The van der Waals surface area contributed by atoms with Crippen molar-refractivity contribution in [2.75, 3.05) is 13.2 Å². The molecule has 0 fully saturated rings. The summed E-state index contributed by atoms with van der Waals surface area (Å²) >= 11 is 0. The number of unbranched alkanes of at least 4 members (excludes halogenated alkanes) is 21. The lowest BCUT2D eigenvalue weighted by molar-refractivity contribution is -0.167. The Morgan fingerprint density at radius 1 is 0.344 bits per heavy atom. The van der Waals surface area contributed by atoms with E-state index in [-0.39, 0.29) is 31.1 Å². The Kier molecular flexibility index (Phi) is 49.0. The van der Waals surface area contributed by atoms with Gasteiger partial charge in [0.15, 0.2) is 6.10 Å². The molecule has 0 radical (unpaired) electrons. The molecule has 1 unspecified atom stereocenters. The van der Waals surface area contributed by atoms with Crippen LogP contribution in [-0.2, 0) is 28.6 Å². The summed E-state index contributed by atoms with van der Waals surface area (Å²) in [5.41, 5.74) is 0. The van der Waals surface area contributed by atoms with E-state index in [1.165, 1.54) is 83.5 Å². The number of ether oxygens (including phenoxy) is 3. The first-order valence-corrected chi connectivity index (χ1v) is 26.3. The zero-order valence-electron chi connectivity index (χ0n) is 41.5. The molecule has 64 heavy (non-hydrogen) atoms. The van der Waals surface area contributed by atoms with Crippen LogP contribution in [0.3, 0.4) is 0 Å². The van der Waals surface area contributed by atoms with E-state index in [2.05, 4.69) is 118 Å². The molecule has 0 saturated carbocycles. The molecule has 1 atom stereocenters. The molecule has 0 bridgehead atoms. The standard InChI is InChI=1S/C58H96O6/c1-4-7-10-13-16-19-22-25-28-31-33-36-39-42-45-48-51-57(60)63-54-55(64-58(61)52-49-46-43-40-37-34-30-27-24-21-18-15-12-9-6-3)53-62-56(59)50-47-44-41-38-35-32-29-26-23-20-17-14-11-8-5-2/h7,9-10,12,15-16,18-21,23-25,28,33,36,55H,4-6,8,11,13-14,17,22,26-27,29-32,34-35,37-54H2,1-3H3/b10-7-,12-9-,18-15-,19-16-,23-20-,24-21-,28-25-,36-33-. The van der Waals surface area contributed by atoms with Gasteiger partial charge >= 0.3 is 17.9 Å². The molecule has 0 aliphatic carbocycles. The number of carbonyl (C=O) groups excluding carboxylic acids is 3. The lowest BCUT2D eigenvalue weighted by Gasteiger charge is -2.18. The third kappa shape index (κ3) is 49.3. The average molecular weight is 889 g/mol. The van der Waals surface area contributed by atoms with Crippen molar-refractivity contribution in [3.63, 3.8) is 0 Å². The highest BCUT2D eigenvalue weighted by atomic mass is 16.6. The molecular weight excluding hydrogens is 793 g/mol. The Morgan fingerprint density at radius 3 is 1.16 bits per heavy atom. The van der Waals surface area contributed by atoms with Crippen LogP contribution < -0.4 is 0 Å². The average Bonchev–Trinajstić information content (AvgIpc) is 3.29. The van der Waals surface area contributed by atoms with Crippen LogP contribution in [-0.4, -0.2) is 37.2 Å². The molecule has 0 N–H and O–H groups in total. The van der Waals surface area contributed by atoms with Gasteiger partial charge in [-0.2, -0.15) is 0 Å². The van der Waals surface area contributed by atoms with Crippen LogP contribution >= 0.6 is 0 Å². The molecule has 0 aliphatic heterocycles. The van der Waals surface area contributed by atoms with Gasteiger partial charge in [0.25, 0.3) is 0 Å². The van der Waals surface area contributed by atoms with Crippen molar-refractivity contribution in [2.45, 2.75) is 239 Å². The normalized spacial score (nSPS) is 12.9. The Hall–Kier alpha value is -3.67. The number of esters is 3. The summed E-state index contributed by atoms with van der Waals surface area (Å²) in [7, 11) is 0. The van der Waals surface area contributed by atoms with Crippen molar-refractivity contribution in [1.29, 1.82) is 0 Å². The molecule has 0 amide bonds. The molecule has 6 nitrogen and oxygen atoms in total. The fourth-order valence-electron chi connectivity index (χ4n) is 6.96. The van der Waals surface area contributed by atoms with Crippen LogP contribution in [0.25, 0.3) is 0 Å². The Balaban J connectivity index is 4.47. The highest BCUT2D eigenvalue weighted by molar-refractivity contribution is 5.71. The summed E-state index contributed by atoms with van der Waals surface area (Å²) < 4.78 is 16.8. The van der Waals surface area contributed by atoms with Crippen molar-refractivity contribution in [3.8, 4) is 0 Å². The minimum atomic E-state index is -0.799. The maximum absolute atomic E-state index is 12.8. The van der Waals surface area contributed by atoms with Crippen molar-refractivity contribution in [2.24, 2.45) is 0 Å². The van der Waals surface area contributed by atoms with Crippen LogP contribution in [0.2, 0.25) is 0 Å². The SMILES string of the molecule is CC\C=C/C=C\C=C/CCCCCCCCCC(=O)OC(COC(=O)CCCCC/C=C\C/C=C\C/C=C\C/C=C\CC)COC(=O)CCCCCCCCC/C=C\CCCCCC. The second-order valence-corrected chi connectivity index (χ2v) is 17.1. The van der Waals surface area contributed by atoms with Gasteiger partial charge in [0, 0.05) is 19.3 Å². The molecule has 0 saturated heterocycles. The van der Waals surface area contributed by atoms with Crippen LogP contribution in [0.15, 0.2) is 97.2 Å². The van der Waals surface area contributed by atoms with E-state index in [0.29, 0.717) is 19.3 Å². The maximum atomic E-state index is 12.8. The van der Waals surface area contributed by atoms with E-state index in [0.717, 1.165) is 109 Å². The monoisotopic (exact) mass is 889 g/mol. The molecule has 0 aromatic rings. The van der Waals surface area contributed by atoms with Crippen LogP contribution in [0.1, 0.15) is 233 Å². The van der Waals surface area contributed by atoms with Gasteiger partial charge in [0.05, 0.1) is 0 Å². The van der Waals surface area contributed by atoms with Crippen molar-refractivity contribution in [3.05, 3.63) is 97.2 Å². The quantitative estimate of drug-likeness (QED) is 0.0199. The summed E-state index contributed by atoms with van der Waals surface area (Å²) in [5, 5.41) is 0. The molecule has 0 aromatic carbocycles. The summed E-state index contributed by atoms with van der Waals surface area (Å²) in [4.78, 5) is 38.0. The summed E-state index contributed by atoms with van der Waals surface area (Å²) in [6.07, 6.45) is 68.1. The molecule has 0 rings (SSSR count). The Labute approximate surface area is 394 Å². The molecular formula is C58H96O6. The predicted octanol–water partition coefficient (Wildman–Crippen LogP) is 17.4. The van der Waals surface area contributed by atoms with Crippen LogP contribution in [0, 0.1) is 0 Å². The first-order valence-electron chi connectivity index (χ1n) is 26.3. The van der Waals surface area contributed by atoms with Crippen molar-refractivity contribution >= 4 is 17.9 Å². The van der Waals surface area contributed by atoms with Gasteiger partial charge in [-0.3, -0.25) is 14.4 Å². The zero-order valence-corrected chi connectivity index (χ0v) is 41.5. The minimum absolute atomic E-state index is 0.0959. The van der Waals surface area contributed by atoms with Crippen molar-refractivity contribution in [1.82, 2.24) is 0 Å². The van der Waals surface area contributed by atoms with Gasteiger partial charge in [-0.1, -0.05) is 208 Å². The van der Waals surface area contributed by atoms with Crippen molar-refractivity contribution < 1.29 is 28.6 Å².